The molecule has 226 valence electrons. The zero-order valence-electron chi connectivity index (χ0n) is 22.9. The number of rotatable bonds is 6. The Kier molecular flexibility index (Phi) is 7.40. The van der Waals surface area contributed by atoms with Crippen LogP contribution in [0.5, 0.6) is 0 Å². The fraction of sp³-hybridized carbons (Fsp3) is 0.429. The second kappa shape index (κ2) is 10.4. The summed E-state index contributed by atoms with van der Waals surface area (Å²) in [4.78, 5) is 27.6. The standard InChI is InChI=1S/C28H33FN4O9/c1-14-11-32(12-15(2)42-14)28(40,41)18-7-8-21(29)17(9-18)10-30-22-6-4-5-19-20(22)13-33(24(19)34)23-16(3)31-25(35)27(38,39)26(23,36)37/h4-9,14-15,23,30,36-41H,3,10-13H2,1-2H3,(H,31,35). The number of fused-ring (bicyclic) bond motifs is 1. The molecule has 13 nitrogen and oxygen atoms in total. The van der Waals surface area contributed by atoms with Gasteiger partial charge in [-0.2, -0.15) is 0 Å². The van der Waals surface area contributed by atoms with E-state index in [1.165, 1.54) is 23.1 Å². The maximum atomic E-state index is 14.9. The van der Waals surface area contributed by atoms with Crippen LogP contribution in [0.2, 0.25) is 0 Å². The summed E-state index contributed by atoms with van der Waals surface area (Å²) in [5.41, 5.74) is 0.741. The number of anilines is 1. The number of hydrogen-bond acceptors (Lipinski definition) is 11. The summed E-state index contributed by atoms with van der Waals surface area (Å²) in [6.07, 6.45) is -0.488. The molecular weight excluding hydrogens is 555 g/mol. The van der Waals surface area contributed by atoms with Crippen molar-refractivity contribution < 1.29 is 49.4 Å². The molecule has 14 heteroatoms. The lowest BCUT2D eigenvalue weighted by Gasteiger charge is -2.47. The Bertz CT molecular complexity index is 1440. The molecule has 42 heavy (non-hydrogen) atoms. The van der Waals surface area contributed by atoms with Gasteiger partial charge in [0.1, 0.15) is 11.9 Å². The van der Waals surface area contributed by atoms with Crippen molar-refractivity contribution in [2.24, 2.45) is 0 Å². The Balaban J connectivity index is 1.38. The molecule has 0 radical (unpaired) electrons. The SMILES string of the molecule is C=C1NC(=O)C(O)(O)C(O)(O)C1N1Cc2c(NCc3cc(C(O)(O)N4CC(C)OC(C)C4)ccc3F)cccc2C1=O. The van der Waals surface area contributed by atoms with E-state index in [9.17, 15) is 44.6 Å². The predicted molar refractivity (Wildman–Crippen MR) is 143 cm³/mol. The Morgan fingerprint density at radius 3 is 2.45 bits per heavy atom. The lowest BCUT2D eigenvalue weighted by molar-refractivity contribution is -0.356. The summed E-state index contributed by atoms with van der Waals surface area (Å²) in [7, 11) is 0. The molecule has 0 spiro atoms. The number of piperidine rings is 1. The van der Waals surface area contributed by atoms with Crippen LogP contribution in [-0.4, -0.2) is 95.2 Å². The Hall–Kier alpha value is -3.47. The van der Waals surface area contributed by atoms with Crippen molar-refractivity contribution in [1.29, 1.82) is 0 Å². The Labute approximate surface area is 240 Å². The smallest absolute Gasteiger partial charge is 0.303 e. The van der Waals surface area contributed by atoms with E-state index in [-0.39, 0.29) is 60.8 Å². The van der Waals surface area contributed by atoms with E-state index in [2.05, 4.69) is 17.2 Å². The molecule has 2 amide bonds. The van der Waals surface area contributed by atoms with E-state index >= 15 is 0 Å². The van der Waals surface area contributed by atoms with E-state index < -0.39 is 41.2 Å². The van der Waals surface area contributed by atoms with Gasteiger partial charge >= 0.3 is 5.79 Å². The van der Waals surface area contributed by atoms with E-state index in [4.69, 9.17) is 4.74 Å². The number of nitrogens with one attached hydrogen (secondary N) is 2. The Morgan fingerprint density at radius 1 is 1.12 bits per heavy atom. The van der Waals surface area contributed by atoms with Crippen LogP contribution in [0.3, 0.4) is 0 Å². The molecule has 0 saturated carbocycles. The van der Waals surface area contributed by atoms with Crippen molar-refractivity contribution in [2.45, 2.75) is 62.7 Å². The topological polar surface area (TPSA) is 195 Å². The third-order valence-electron chi connectivity index (χ3n) is 7.89. The molecular formula is C28H33FN4O9. The second-order valence-corrected chi connectivity index (χ2v) is 11.0. The minimum atomic E-state index is -3.64. The highest BCUT2D eigenvalue weighted by Gasteiger charge is 2.65. The molecule has 2 fully saturated rings. The van der Waals surface area contributed by atoms with Gasteiger partial charge in [0.25, 0.3) is 23.5 Å². The van der Waals surface area contributed by atoms with Crippen molar-refractivity contribution in [3.63, 3.8) is 0 Å². The maximum absolute atomic E-state index is 14.9. The number of aliphatic hydroxyl groups is 6. The van der Waals surface area contributed by atoms with E-state index in [0.29, 0.717) is 11.3 Å². The highest BCUT2D eigenvalue weighted by atomic mass is 19.1. The first-order chi connectivity index (χ1) is 19.6. The minimum Gasteiger partial charge on any atom is -0.381 e. The summed E-state index contributed by atoms with van der Waals surface area (Å²) in [5.74, 6) is -12.3. The van der Waals surface area contributed by atoms with Crippen LogP contribution in [-0.2, 0) is 28.5 Å². The van der Waals surface area contributed by atoms with Crippen LogP contribution in [0.15, 0.2) is 48.7 Å². The summed E-state index contributed by atoms with van der Waals surface area (Å²) in [6.45, 7) is 7.30. The van der Waals surface area contributed by atoms with Gasteiger partial charge in [0, 0.05) is 59.8 Å². The summed E-state index contributed by atoms with van der Waals surface area (Å²) < 4.78 is 20.5. The molecule has 2 aromatic carbocycles. The van der Waals surface area contributed by atoms with Crippen LogP contribution >= 0.6 is 0 Å². The van der Waals surface area contributed by atoms with Gasteiger partial charge in [0.05, 0.1) is 12.2 Å². The third-order valence-corrected chi connectivity index (χ3v) is 7.89. The molecule has 2 aromatic rings. The molecule has 3 aliphatic heterocycles. The second-order valence-electron chi connectivity index (χ2n) is 11.0. The maximum Gasteiger partial charge on any atom is 0.303 e. The molecule has 3 aliphatic rings. The molecule has 8 N–H and O–H groups in total. The normalized spacial score (nSPS) is 25.8. The Morgan fingerprint density at radius 2 is 1.79 bits per heavy atom. The largest absolute Gasteiger partial charge is 0.381 e. The van der Waals surface area contributed by atoms with Crippen LogP contribution in [0.4, 0.5) is 10.1 Å². The number of halogens is 1. The van der Waals surface area contributed by atoms with Gasteiger partial charge < -0.3 is 50.9 Å². The van der Waals surface area contributed by atoms with E-state index in [1.54, 1.807) is 12.1 Å². The first-order valence-electron chi connectivity index (χ1n) is 13.3. The lowest BCUT2D eigenvalue weighted by Crippen LogP contribution is -2.76. The fourth-order valence-corrected chi connectivity index (χ4v) is 5.76. The molecule has 0 aromatic heterocycles. The van der Waals surface area contributed by atoms with Gasteiger partial charge in [-0.1, -0.05) is 12.6 Å². The number of benzene rings is 2. The average Bonchev–Trinajstić information content (AvgIpc) is 3.23. The number of morpholine rings is 1. The molecule has 5 rings (SSSR count). The van der Waals surface area contributed by atoms with Crippen molar-refractivity contribution in [2.75, 3.05) is 18.4 Å². The molecule has 0 bridgehead atoms. The fourth-order valence-electron chi connectivity index (χ4n) is 5.76. The van der Waals surface area contributed by atoms with Gasteiger partial charge in [0.15, 0.2) is 0 Å². The van der Waals surface area contributed by atoms with Gasteiger partial charge in [-0.25, -0.2) is 9.29 Å². The van der Waals surface area contributed by atoms with Gasteiger partial charge in [0.2, 0.25) is 0 Å². The number of ether oxygens (including phenoxy) is 1. The zero-order valence-corrected chi connectivity index (χ0v) is 22.9. The first kappa shape index (κ1) is 30.0. The number of hydrogen-bond donors (Lipinski definition) is 8. The molecule has 3 unspecified atom stereocenters. The molecule has 3 heterocycles. The van der Waals surface area contributed by atoms with E-state index in [0.717, 1.165) is 11.0 Å². The van der Waals surface area contributed by atoms with Gasteiger partial charge in [-0.3, -0.25) is 9.59 Å². The highest BCUT2D eigenvalue weighted by Crippen LogP contribution is 2.39. The zero-order chi connectivity index (χ0) is 30.8. The van der Waals surface area contributed by atoms with Crippen LogP contribution in [0, 0.1) is 5.82 Å². The van der Waals surface area contributed by atoms with Gasteiger partial charge in [-0.15, -0.1) is 0 Å². The van der Waals surface area contributed by atoms with Gasteiger partial charge in [-0.05, 0) is 44.2 Å². The molecule has 3 atom stereocenters. The lowest BCUT2D eigenvalue weighted by atomic mass is 9.89. The summed E-state index contributed by atoms with van der Waals surface area (Å²) >= 11 is 0. The first-order valence-corrected chi connectivity index (χ1v) is 13.3. The third kappa shape index (κ3) is 4.85. The predicted octanol–water partition coefficient (Wildman–Crippen LogP) is -1.03. The van der Waals surface area contributed by atoms with Crippen molar-refractivity contribution in [3.05, 3.63) is 76.7 Å². The number of carbonyl (C=O) groups excluding carboxylic acids is 2. The van der Waals surface area contributed by atoms with Crippen molar-refractivity contribution in [1.82, 2.24) is 15.1 Å². The van der Waals surface area contributed by atoms with Crippen molar-refractivity contribution >= 4 is 17.5 Å². The molecule has 2 saturated heterocycles. The molecule has 0 aliphatic carbocycles. The highest BCUT2D eigenvalue weighted by molar-refractivity contribution is 6.01. The average molecular weight is 589 g/mol. The van der Waals surface area contributed by atoms with Crippen molar-refractivity contribution in [3.8, 4) is 0 Å². The van der Waals surface area contributed by atoms with Crippen LogP contribution in [0.25, 0.3) is 0 Å². The monoisotopic (exact) mass is 588 g/mol. The summed E-state index contributed by atoms with van der Waals surface area (Å²) in [6, 6.07) is 6.56. The number of nitrogens with zero attached hydrogens (tertiary/aromatic N) is 2. The number of amides is 2. The van der Waals surface area contributed by atoms with Crippen LogP contribution < -0.4 is 10.6 Å². The number of carbonyl (C=O) groups is 2. The minimum absolute atomic E-state index is 0.0539. The summed E-state index contributed by atoms with van der Waals surface area (Å²) in [5, 5.41) is 68.4. The quantitative estimate of drug-likeness (QED) is 0.192. The van der Waals surface area contributed by atoms with E-state index in [1.807, 2.05) is 13.8 Å². The van der Waals surface area contributed by atoms with Crippen LogP contribution in [0.1, 0.15) is 40.9 Å².